The molecule has 0 aromatic heterocycles. The normalized spacial score (nSPS) is 23.2. The second-order valence-electron chi connectivity index (χ2n) is 5.43. The average molecular weight is 375 g/mol. The Hall–Kier alpha value is -1.88. The van der Waals surface area contributed by atoms with Gasteiger partial charge < -0.3 is 29.7 Å². The van der Waals surface area contributed by atoms with Gasteiger partial charge in [0.05, 0.1) is 37.0 Å². The molecule has 3 atom stereocenters. The van der Waals surface area contributed by atoms with Crippen molar-refractivity contribution in [2.24, 2.45) is 0 Å². The molecule has 1 aromatic carbocycles. The SMILES string of the molecule is COc1ccc(S(=O)(=O)CCOC(=O)NC2CO[C@H](CO)C2O)cc1. The van der Waals surface area contributed by atoms with Crippen LogP contribution in [0, 0.1) is 0 Å². The largest absolute Gasteiger partial charge is 0.497 e. The molecule has 10 heteroatoms. The van der Waals surface area contributed by atoms with Crippen molar-refractivity contribution in [1.82, 2.24) is 5.32 Å². The molecular weight excluding hydrogens is 354 g/mol. The summed E-state index contributed by atoms with van der Waals surface area (Å²) in [6, 6.07) is 5.16. The number of amides is 1. The molecule has 0 aliphatic carbocycles. The first-order valence-electron chi connectivity index (χ1n) is 7.58. The number of methoxy groups -OCH3 is 1. The van der Waals surface area contributed by atoms with E-state index >= 15 is 0 Å². The number of carbonyl (C=O) groups is 1. The highest BCUT2D eigenvalue weighted by atomic mass is 32.2. The Kier molecular flexibility index (Phi) is 6.59. The summed E-state index contributed by atoms with van der Waals surface area (Å²) in [6.07, 6.45) is -2.68. The van der Waals surface area contributed by atoms with Crippen LogP contribution in [0.15, 0.2) is 29.2 Å². The molecule has 1 fully saturated rings. The van der Waals surface area contributed by atoms with Crippen molar-refractivity contribution in [1.29, 1.82) is 0 Å². The van der Waals surface area contributed by atoms with Crippen LogP contribution in [0.5, 0.6) is 5.75 Å². The Bertz CT molecular complexity index is 675. The van der Waals surface area contributed by atoms with Gasteiger partial charge in [0.1, 0.15) is 24.6 Å². The number of nitrogens with one attached hydrogen (secondary N) is 1. The molecule has 0 spiro atoms. The summed E-state index contributed by atoms with van der Waals surface area (Å²) in [4.78, 5) is 11.8. The number of carbonyl (C=O) groups excluding carboxylic acids is 1. The van der Waals surface area contributed by atoms with Gasteiger partial charge in [0.15, 0.2) is 9.84 Å². The number of hydrogen-bond donors (Lipinski definition) is 3. The number of rotatable bonds is 7. The number of hydrogen-bond acceptors (Lipinski definition) is 8. The zero-order valence-corrected chi connectivity index (χ0v) is 14.4. The van der Waals surface area contributed by atoms with Crippen LogP contribution in [-0.4, -0.2) is 75.7 Å². The Balaban J connectivity index is 1.80. The van der Waals surface area contributed by atoms with Gasteiger partial charge >= 0.3 is 6.09 Å². The fourth-order valence-corrected chi connectivity index (χ4v) is 3.40. The molecule has 1 heterocycles. The van der Waals surface area contributed by atoms with Crippen LogP contribution in [0.3, 0.4) is 0 Å². The van der Waals surface area contributed by atoms with Crippen molar-refractivity contribution in [3.63, 3.8) is 0 Å². The topological polar surface area (TPSA) is 131 Å². The predicted molar refractivity (Wildman–Crippen MR) is 86.2 cm³/mol. The molecule has 1 aromatic rings. The second kappa shape index (κ2) is 8.48. The molecule has 140 valence electrons. The summed E-state index contributed by atoms with van der Waals surface area (Å²) >= 11 is 0. The van der Waals surface area contributed by atoms with Gasteiger partial charge in [-0.25, -0.2) is 13.2 Å². The molecule has 2 unspecified atom stereocenters. The molecule has 0 radical (unpaired) electrons. The van der Waals surface area contributed by atoms with Gasteiger partial charge in [-0.3, -0.25) is 0 Å². The van der Waals surface area contributed by atoms with Crippen LogP contribution in [-0.2, 0) is 19.3 Å². The third-order valence-corrected chi connectivity index (χ3v) is 5.46. The maximum Gasteiger partial charge on any atom is 0.407 e. The molecule has 25 heavy (non-hydrogen) atoms. The highest BCUT2D eigenvalue weighted by Crippen LogP contribution is 2.17. The quantitative estimate of drug-likeness (QED) is 0.571. The van der Waals surface area contributed by atoms with E-state index in [1.165, 1.54) is 31.4 Å². The smallest absolute Gasteiger partial charge is 0.407 e. The average Bonchev–Trinajstić information content (AvgIpc) is 2.94. The fraction of sp³-hybridized carbons (Fsp3) is 0.533. The summed E-state index contributed by atoms with van der Waals surface area (Å²) in [7, 11) is -2.12. The molecule has 1 saturated heterocycles. The molecule has 1 aliphatic heterocycles. The van der Waals surface area contributed by atoms with E-state index in [1.54, 1.807) is 0 Å². The summed E-state index contributed by atoms with van der Waals surface area (Å²) in [6.45, 7) is -0.673. The molecule has 2 rings (SSSR count). The lowest BCUT2D eigenvalue weighted by molar-refractivity contribution is 0.00272. The van der Waals surface area contributed by atoms with E-state index in [2.05, 4.69) is 5.32 Å². The standard InChI is InChI=1S/C15H21NO8S/c1-22-10-2-4-11(5-3-10)25(20,21)7-6-23-15(19)16-12-9-24-13(8-17)14(12)18/h2-5,12-14,17-18H,6-9H2,1H3,(H,16,19)/t12?,13-,14?/m1/s1. The number of aliphatic hydroxyl groups excluding tert-OH is 2. The second-order valence-corrected chi connectivity index (χ2v) is 7.54. The van der Waals surface area contributed by atoms with Gasteiger partial charge in [-0.1, -0.05) is 0 Å². The van der Waals surface area contributed by atoms with Crippen LogP contribution in [0.25, 0.3) is 0 Å². The minimum atomic E-state index is -3.60. The lowest BCUT2D eigenvalue weighted by atomic mass is 10.1. The summed E-state index contributed by atoms with van der Waals surface area (Å²) in [5.74, 6) is 0.156. The highest BCUT2D eigenvalue weighted by Gasteiger charge is 2.36. The van der Waals surface area contributed by atoms with E-state index in [0.29, 0.717) is 5.75 Å². The Morgan fingerprint density at radius 1 is 1.36 bits per heavy atom. The van der Waals surface area contributed by atoms with Gasteiger partial charge in [-0.15, -0.1) is 0 Å². The first-order valence-corrected chi connectivity index (χ1v) is 9.23. The Labute approximate surface area is 145 Å². The molecule has 0 bridgehead atoms. The van der Waals surface area contributed by atoms with Crippen molar-refractivity contribution < 1.29 is 37.6 Å². The van der Waals surface area contributed by atoms with Crippen molar-refractivity contribution >= 4 is 15.9 Å². The van der Waals surface area contributed by atoms with Crippen molar-refractivity contribution in [3.05, 3.63) is 24.3 Å². The summed E-state index contributed by atoms with van der Waals surface area (Å²) in [5, 5.41) is 21.1. The predicted octanol–water partition coefficient (Wildman–Crippen LogP) is -0.684. The van der Waals surface area contributed by atoms with E-state index in [1.807, 2.05) is 0 Å². The van der Waals surface area contributed by atoms with Crippen molar-refractivity contribution in [2.75, 3.05) is 32.7 Å². The maximum atomic E-state index is 12.2. The molecule has 1 amide bonds. The number of benzene rings is 1. The van der Waals surface area contributed by atoms with Crippen LogP contribution in [0.2, 0.25) is 0 Å². The van der Waals surface area contributed by atoms with E-state index in [0.717, 1.165) is 0 Å². The fourth-order valence-electron chi connectivity index (χ4n) is 2.31. The number of sulfone groups is 1. The molecule has 0 saturated carbocycles. The van der Waals surface area contributed by atoms with Crippen molar-refractivity contribution in [3.8, 4) is 5.75 Å². The van der Waals surface area contributed by atoms with E-state index in [4.69, 9.17) is 19.3 Å². The molecule has 3 N–H and O–H groups in total. The Morgan fingerprint density at radius 2 is 2.04 bits per heavy atom. The van der Waals surface area contributed by atoms with Crippen LogP contribution in [0.1, 0.15) is 0 Å². The van der Waals surface area contributed by atoms with E-state index in [-0.39, 0.29) is 30.5 Å². The molecule has 1 aliphatic rings. The Morgan fingerprint density at radius 3 is 2.60 bits per heavy atom. The highest BCUT2D eigenvalue weighted by molar-refractivity contribution is 7.91. The minimum Gasteiger partial charge on any atom is -0.497 e. The lowest BCUT2D eigenvalue weighted by Crippen LogP contribution is -2.45. The van der Waals surface area contributed by atoms with Gasteiger partial charge in [0.25, 0.3) is 0 Å². The third-order valence-electron chi connectivity index (χ3n) is 3.77. The van der Waals surface area contributed by atoms with Gasteiger partial charge in [0, 0.05) is 0 Å². The van der Waals surface area contributed by atoms with Gasteiger partial charge in [-0.2, -0.15) is 0 Å². The van der Waals surface area contributed by atoms with Crippen LogP contribution in [0.4, 0.5) is 4.79 Å². The zero-order valence-electron chi connectivity index (χ0n) is 13.6. The summed E-state index contributed by atoms with van der Waals surface area (Å²) < 4.78 is 39.2. The molecule has 9 nitrogen and oxygen atoms in total. The number of alkyl carbamates (subject to hydrolysis) is 1. The van der Waals surface area contributed by atoms with Crippen LogP contribution < -0.4 is 10.1 Å². The van der Waals surface area contributed by atoms with Gasteiger partial charge in [-0.05, 0) is 24.3 Å². The number of ether oxygens (including phenoxy) is 3. The van der Waals surface area contributed by atoms with Gasteiger partial charge in [0.2, 0.25) is 0 Å². The van der Waals surface area contributed by atoms with E-state index < -0.39 is 34.2 Å². The minimum absolute atomic E-state index is 0.0334. The monoisotopic (exact) mass is 375 g/mol. The van der Waals surface area contributed by atoms with Crippen molar-refractivity contribution in [2.45, 2.75) is 23.1 Å². The van der Waals surface area contributed by atoms with Crippen LogP contribution >= 0.6 is 0 Å². The first kappa shape index (κ1) is 19.4. The molecular formula is C15H21NO8S. The first-order chi connectivity index (χ1) is 11.9. The maximum absolute atomic E-state index is 12.2. The zero-order chi connectivity index (χ0) is 18.4. The third kappa shape index (κ3) is 5.05. The lowest BCUT2D eigenvalue weighted by Gasteiger charge is -2.17. The number of aliphatic hydroxyl groups is 2. The summed E-state index contributed by atoms with van der Waals surface area (Å²) in [5.41, 5.74) is 0. The van der Waals surface area contributed by atoms with E-state index in [9.17, 15) is 18.3 Å².